The van der Waals surface area contributed by atoms with Crippen molar-refractivity contribution in [1.29, 1.82) is 0 Å². The molecule has 13 heavy (non-hydrogen) atoms. The summed E-state index contributed by atoms with van der Waals surface area (Å²) in [5.74, 6) is 0. The van der Waals surface area contributed by atoms with Crippen LogP contribution >= 0.6 is 0 Å². The molecule has 0 saturated heterocycles. The second kappa shape index (κ2) is 8.10. The maximum absolute atomic E-state index is 3.31. The Morgan fingerprint density at radius 3 is 2.31 bits per heavy atom. The van der Waals surface area contributed by atoms with Crippen LogP contribution in [0.2, 0.25) is 0 Å². The van der Waals surface area contributed by atoms with Crippen LogP contribution in [-0.2, 0) is 0 Å². The van der Waals surface area contributed by atoms with Gasteiger partial charge in [0.15, 0.2) is 0 Å². The molecule has 0 aromatic carbocycles. The Morgan fingerprint density at radius 1 is 0.769 bits per heavy atom. The van der Waals surface area contributed by atoms with E-state index < -0.39 is 0 Å². The molecule has 0 heterocycles. The molecule has 1 aliphatic carbocycles. The van der Waals surface area contributed by atoms with Gasteiger partial charge in [-0.1, -0.05) is 50.3 Å². The van der Waals surface area contributed by atoms with E-state index in [1.807, 2.05) is 0 Å². The van der Waals surface area contributed by atoms with E-state index in [4.69, 9.17) is 0 Å². The van der Waals surface area contributed by atoms with Crippen LogP contribution < -0.4 is 0 Å². The predicted octanol–water partition coefficient (Wildman–Crippen LogP) is 4.43. The average Bonchev–Trinajstić information content (AvgIpc) is 2.18. The van der Waals surface area contributed by atoms with Crippen LogP contribution in [0.1, 0.15) is 57.8 Å². The predicted molar refractivity (Wildman–Crippen MR) is 58.5 cm³/mol. The third-order valence-corrected chi connectivity index (χ3v) is 2.54. The van der Waals surface area contributed by atoms with Crippen LogP contribution in [-0.4, -0.2) is 0 Å². The topological polar surface area (TPSA) is 0 Å². The van der Waals surface area contributed by atoms with Gasteiger partial charge in [-0.3, -0.25) is 0 Å². The zero-order valence-corrected chi connectivity index (χ0v) is 8.60. The third kappa shape index (κ3) is 6.62. The summed E-state index contributed by atoms with van der Waals surface area (Å²) in [7, 11) is 0. The highest BCUT2D eigenvalue weighted by atomic mass is 14.0. The van der Waals surface area contributed by atoms with E-state index in [0.29, 0.717) is 0 Å². The van der Waals surface area contributed by atoms with E-state index in [9.17, 15) is 0 Å². The fourth-order valence-electron chi connectivity index (χ4n) is 1.69. The average molecular weight is 177 g/mol. The third-order valence-electron chi connectivity index (χ3n) is 2.54. The molecular formula is C13H21. The fraction of sp³-hybridized carbons (Fsp3) is 0.692. The van der Waals surface area contributed by atoms with Gasteiger partial charge in [-0.25, -0.2) is 0 Å². The van der Waals surface area contributed by atoms with Crippen LogP contribution in [0.4, 0.5) is 0 Å². The first-order chi connectivity index (χ1) is 6.50. The molecule has 73 valence electrons. The number of allylic oxidation sites excluding steroid dienone is 4. The Hall–Kier alpha value is -0.520. The van der Waals surface area contributed by atoms with Crippen LogP contribution in [0.15, 0.2) is 18.2 Å². The minimum absolute atomic E-state index is 1.14. The molecule has 1 rings (SSSR count). The smallest absolute Gasteiger partial charge is 0.0276 e. The highest BCUT2D eigenvalue weighted by Crippen LogP contribution is 2.10. The molecule has 0 N–H and O–H groups in total. The van der Waals surface area contributed by atoms with Crippen molar-refractivity contribution in [2.45, 2.75) is 57.8 Å². The summed E-state index contributed by atoms with van der Waals surface area (Å²) in [4.78, 5) is 0. The van der Waals surface area contributed by atoms with E-state index in [2.05, 4.69) is 24.3 Å². The Bertz CT molecular complexity index is 135. The van der Waals surface area contributed by atoms with Gasteiger partial charge in [0.25, 0.3) is 0 Å². The van der Waals surface area contributed by atoms with Crippen LogP contribution in [0.25, 0.3) is 0 Å². The summed E-state index contributed by atoms with van der Waals surface area (Å²) in [5, 5.41) is 0. The fourth-order valence-corrected chi connectivity index (χ4v) is 1.69. The minimum atomic E-state index is 1.14. The lowest BCUT2D eigenvalue weighted by Crippen LogP contribution is -1.79. The summed E-state index contributed by atoms with van der Waals surface area (Å²) in [6, 6.07) is 0. The Labute approximate surface area is 82.7 Å². The Kier molecular flexibility index (Phi) is 6.58. The van der Waals surface area contributed by atoms with Gasteiger partial charge >= 0.3 is 0 Å². The highest BCUT2D eigenvalue weighted by Gasteiger charge is 1.91. The highest BCUT2D eigenvalue weighted by molar-refractivity contribution is 4.98. The standard InChI is InChI=1S/C13H21/c1-2-4-6-8-10-12-13-11-9-7-5-3-1/h1-3H,4,6-13H2. The molecule has 0 nitrogen and oxygen atoms in total. The molecule has 0 aromatic heterocycles. The van der Waals surface area contributed by atoms with Gasteiger partial charge in [-0.05, 0) is 31.8 Å². The molecule has 0 bridgehead atoms. The SMILES string of the molecule is [C]1=CC=CCCCCCCCCC1. The molecule has 0 unspecified atom stereocenters. The van der Waals surface area contributed by atoms with Crippen molar-refractivity contribution in [3.8, 4) is 0 Å². The first kappa shape index (κ1) is 10.6. The normalized spacial score (nSPS) is 21.5. The van der Waals surface area contributed by atoms with Gasteiger partial charge in [0.1, 0.15) is 0 Å². The largest absolute Gasteiger partial charge is 0.0845 e. The summed E-state index contributed by atoms with van der Waals surface area (Å²) in [6.07, 6.45) is 22.0. The van der Waals surface area contributed by atoms with Gasteiger partial charge in [-0.2, -0.15) is 0 Å². The molecule has 0 spiro atoms. The lowest BCUT2D eigenvalue weighted by Gasteiger charge is -1.99. The first-order valence-corrected chi connectivity index (χ1v) is 5.72. The number of rotatable bonds is 0. The van der Waals surface area contributed by atoms with E-state index in [1.165, 1.54) is 51.4 Å². The van der Waals surface area contributed by atoms with Crippen LogP contribution in [0.5, 0.6) is 0 Å². The monoisotopic (exact) mass is 177 g/mol. The van der Waals surface area contributed by atoms with E-state index >= 15 is 0 Å². The van der Waals surface area contributed by atoms with Gasteiger partial charge in [0.05, 0.1) is 0 Å². The molecule has 0 heteroatoms. The second-order valence-corrected chi connectivity index (χ2v) is 3.81. The van der Waals surface area contributed by atoms with E-state index in [-0.39, 0.29) is 0 Å². The summed E-state index contributed by atoms with van der Waals surface area (Å²) in [6.45, 7) is 0. The van der Waals surface area contributed by atoms with E-state index in [1.54, 1.807) is 0 Å². The van der Waals surface area contributed by atoms with Crippen molar-refractivity contribution < 1.29 is 0 Å². The van der Waals surface area contributed by atoms with Gasteiger partial charge in [-0.15, -0.1) is 0 Å². The molecule has 1 radical (unpaired) electrons. The molecule has 0 aromatic rings. The van der Waals surface area contributed by atoms with Crippen molar-refractivity contribution in [3.05, 3.63) is 24.3 Å². The maximum atomic E-state index is 3.31. The molecular weight excluding hydrogens is 156 g/mol. The quantitative estimate of drug-likeness (QED) is 0.513. The minimum Gasteiger partial charge on any atom is -0.0845 e. The van der Waals surface area contributed by atoms with Crippen LogP contribution in [0.3, 0.4) is 0 Å². The second-order valence-electron chi connectivity index (χ2n) is 3.81. The molecule has 0 aliphatic heterocycles. The molecule has 0 fully saturated rings. The zero-order valence-electron chi connectivity index (χ0n) is 8.60. The van der Waals surface area contributed by atoms with Gasteiger partial charge in [0, 0.05) is 0 Å². The van der Waals surface area contributed by atoms with Crippen molar-refractivity contribution in [2.24, 2.45) is 0 Å². The van der Waals surface area contributed by atoms with Gasteiger partial charge in [0.2, 0.25) is 0 Å². The molecule has 1 aliphatic rings. The molecule has 0 atom stereocenters. The molecule has 0 amide bonds. The zero-order chi connectivity index (χ0) is 9.19. The van der Waals surface area contributed by atoms with E-state index in [0.717, 1.165) is 6.42 Å². The number of hydrogen-bond donors (Lipinski definition) is 0. The summed E-state index contributed by atoms with van der Waals surface area (Å²) < 4.78 is 0. The summed E-state index contributed by atoms with van der Waals surface area (Å²) >= 11 is 0. The lowest BCUT2D eigenvalue weighted by atomic mass is 10.1. The number of hydrogen-bond acceptors (Lipinski definition) is 0. The van der Waals surface area contributed by atoms with Gasteiger partial charge < -0.3 is 0 Å². The summed E-state index contributed by atoms with van der Waals surface area (Å²) in [5.41, 5.74) is 0. The Morgan fingerprint density at radius 2 is 1.46 bits per heavy atom. The molecule has 0 saturated carbocycles. The first-order valence-electron chi connectivity index (χ1n) is 5.72. The lowest BCUT2D eigenvalue weighted by molar-refractivity contribution is 0.583. The van der Waals surface area contributed by atoms with Crippen molar-refractivity contribution in [1.82, 2.24) is 0 Å². The van der Waals surface area contributed by atoms with Crippen molar-refractivity contribution in [2.75, 3.05) is 0 Å². The van der Waals surface area contributed by atoms with Crippen LogP contribution in [0, 0.1) is 6.08 Å². The maximum Gasteiger partial charge on any atom is -0.0276 e. The van der Waals surface area contributed by atoms with Crippen molar-refractivity contribution >= 4 is 0 Å². The van der Waals surface area contributed by atoms with Crippen molar-refractivity contribution in [3.63, 3.8) is 0 Å². The Balaban J connectivity index is 2.18.